The standard InChI is InChI=1S/C12H12N2O/c1-8-2-3-9-7-11-12(15)13-4-5-14(11)10(9)6-8/h2-3,6-7H,4-5H2,1H3,(H,13,15). The molecule has 3 nitrogen and oxygen atoms in total. The Morgan fingerprint density at radius 2 is 2.20 bits per heavy atom. The Kier molecular flexibility index (Phi) is 1.63. The van der Waals surface area contributed by atoms with Gasteiger partial charge in [-0.05, 0) is 24.6 Å². The van der Waals surface area contributed by atoms with Crippen molar-refractivity contribution < 1.29 is 4.79 Å². The maximum absolute atomic E-state index is 11.6. The Morgan fingerprint density at radius 1 is 1.33 bits per heavy atom. The van der Waals surface area contributed by atoms with Gasteiger partial charge in [-0.25, -0.2) is 0 Å². The number of carbonyl (C=O) groups excluding carboxylic acids is 1. The molecule has 0 bridgehead atoms. The highest BCUT2D eigenvalue weighted by Gasteiger charge is 2.18. The molecule has 0 spiro atoms. The van der Waals surface area contributed by atoms with Gasteiger partial charge in [0.1, 0.15) is 5.69 Å². The average molecular weight is 200 g/mol. The Hall–Kier alpha value is -1.77. The van der Waals surface area contributed by atoms with Crippen molar-refractivity contribution in [3.05, 3.63) is 35.5 Å². The number of benzene rings is 1. The first-order valence-electron chi connectivity index (χ1n) is 5.14. The zero-order valence-corrected chi connectivity index (χ0v) is 8.58. The van der Waals surface area contributed by atoms with Gasteiger partial charge in [-0.3, -0.25) is 4.79 Å². The number of nitrogens with one attached hydrogen (secondary N) is 1. The minimum atomic E-state index is 0.0371. The number of aromatic nitrogens is 1. The molecule has 0 saturated heterocycles. The monoisotopic (exact) mass is 200 g/mol. The van der Waals surface area contributed by atoms with E-state index in [4.69, 9.17) is 0 Å². The molecule has 2 heterocycles. The average Bonchev–Trinajstić information content (AvgIpc) is 2.58. The number of aryl methyl sites for hydroxylation is 1. The van der Waals surface area contributed by atoms with Crippen LogP contribution in [0.5, 0.6) is 0 Å². The summed E-state index contributed by atoms with van der Waals surface area (Å²) in [7, 11) is 0. The highest BCUT2D eigenvalue weighted by molar-refractivity contribution is 5.99. The van der Waals surface area contributed by atoms with Crippen LogP contribution in [-0.2, 0) is 6.54 Å². The van der Waals surface area contributed by atoms with Crippen molar-refractivity contribution in [2.45, 2.75) is 13.5 Å². The molecule has 2 aromatic rings. The van der Waals surface area contributed by atoms with Gasteiger partial charge < -0.3 is 9.88 Å². The summed E-state index contributed by atoms with van der Waals surface area (Å²) in [5.41, 5.74) is 3.18. The van der Waals surface area contributed by atoms with Crippen LogP contribution in [0.4, 0.5) is 0 Å². The van der Waals surface area contributed by atoms with E-state index >= 15 is 0 Å². The SMILES string of the molecule is Cc1ccc2cc3n(c2c1)CCNC3=O. The molecule has 1 aromatic heterocycles. The summed E-state index contributed by atoms with van der Waals surface area (Å²) < 4.78 is 2.10. The molecule has 0 saturated carbocycles. The Balaban J connectivity index is 2.36. The third-order valence-electron chi connectivity index (χ3n) is 2.91. The van der Waals surface area contributed by atoms with Crippen molar-refractivity contribution in [2.24, 2.45) is 0 Å². The predicted molar refractivity (Wildman–Crippen MR) is 59.0 cm³/mol. The first-order chi connectivity index (χ1) is 7.25. The molecule has 0 unspecified atom stereocenters. The van der Waals surface area contributed by atoms with Gasteiger partial charge in [0, 0.05) is 24.0 Å². The topological polar surface area (TPSA) is 34.0 Å². The fourth-order valence-corrected chi connectivity index (χ4v) is 2.17. The van der Waals surface area contributed by atoms with Crippen molar-refractivity contribution >= 4 is 16.8 Å². The second kappa shape index (κ2) is 2.86. The van der Waals surface area contributed by atoms with E-state index in [1.165, 1.54) is 11.1 Å². The van der Waals surface area contributed by atoms with Gasteiger partial charge in [-0.1, -0.05) is 12.1 Å². The van der Waals surface area contributed by atoms with E-state index in [9.17, 15) is 4.79 Å². The lowest BCUT2D eigenvalue weighted by Crippen LogP contribution is -2.34. The second-order valence-corrected chi connectivity index (χ2v) is 4.00. The van der Waals surface area contributed by atoms with Gasteiger partial charge in [0.15, 0.2) is 0 Å². The minimum absolute atomic E-state index is 0.0371. The quantitative estimate of drug-likeness (QED) is 0.690. The number of hydrogen-bond donors (Lipinski definition) is 1. The van der Waals surface area contributed by atoms with Crippen LogP contribution in [0.2, 0.25) is 0 Å². The van der Waals surface area contributed by atoms with E-state index in [2.05, 4.69) is 35.0 Å². The molecule has 1 aromatic carbocycles. The normalized spacial score (nSPS) is 15.1. The Labute approximate surface area is 87.7 Å². The summed E-state index contributed by atoms with van der Waals surface area (Å²) in [5, 5.41) is 4.00. The molecule has 1 aliphatic rings. The molecule has 0 fully saturated rings. The Morgan fingerprint density at radius 3 is 3.07 bits per heavy atom. The van der Waals surface area contributed by atoms with E-state index in [1.54, 1.807) is 0 Å². The van der Waals surface area contributed by atoms with Crippen molar-refractivity contribution in [3.63, 3.8) is 0 Å². The molecular weight excluding hydrogens is 188 g/mol. The van der Waals surface area contributed by atoms with Gasteiger partial charge >= 0.3 is 0 Å². The number of carbonyl (C=O) groups is 1. The van der Waals surface area contributed by atoms with E-state index in [-0.39, 0.29) is 5.91 Å². The van der Waals surface area contributed by atoms with Crippen LogP contribution in [0, 0.1) is 6.92 Å². The maximum Gasteiger partial charge on any atom is 0.268 e. The van der Waals surface area contributed by atoms with Crippen LogP contribution >= 0.6 is 0 Å². The fourth-order valence-electron chi connectivity index (χ4n) is 2.17. The van der Waals surface area contributed by atoms with Crippen LogP contribution in [0.15, 0.2) is 24.3 Å². The molecule has 3 rings (SSSR count). The van der Waals surface area contributed by atoms with Crippen molar-refractivity contribution in [1.82, 2.24) is 9.88 Å². The van der Waals surface area contributed by atoms with Crippen molar-refractivity contribution in [2.75, 3.05) is 6.54 Å². The van der Waals surface area contributed by atoms with E-state index in [0.29, 0.717) is 0 Å². The lowest BCUT2D eigenvalue weighted by molar-refractivity contribution is 0.0929. The summed E-state index contributed by atoms with van der Waals surface area (Å²) in [5.74, 6) is 0.0371. The van der Waals surface area contributed by atoms with Crippen molar-refractivity contribution in [3.8, 4) is 0 Å². The largest absolute Gasteiger partial charge is 0.349 e. The summed E-state index contributed by atoms with van der Waals surface area (Å²) in [6, 6.07) is 8.25. The molecular formula is C12H12N2O. The molecule has 0 radical (unpaired) electrons. The number of amides is 1. The Bertz CT molecular complexity index is 554. The zero-order valence-electron chi connectivity index (χ0n) is 8.58. The summed E-state index contributed by atoms with van der Waals surface area (Å²) in [6.45, 7) is 3.67. The number of fused-ring (bicyclic) bond motifs is 3. The number of nitrogens with zero attached hydrogens (tertiary/aromatic N) is 1. The van der Waals surface area contributed by atoms with Crippen LogP contribution in [0.25, 0.3) is 10.9 Å². The molecule has 0 aliphatic carbocycles. The number of hydrogen-bond acceptors (Lipinski definition) is 1. The fraction of sp³-hybridized carbons (Fsp3) is 0.250. The summed E-state index contributed by atoms with van der Waals surface area (Å²) >= 11 is 0. The molecule has 3 heteroatoms. The highest BCUT2D eigenvalue weighted by atomic mass is 16.2. The van der Waals surface area contributed by atoms with Gasteiger partial charge in [0.2, 0.25) is 0 Å². The van der Waals surface area contributed by atoms with E-state index in [1.807, 2.05) is 6.07 Å². The van der Waals surface area contributed by atoms with Gasteiger partial charge in [-0.2, -0.15) is 0 Å². The van der Waals surface area contributed by atoms with Crippen LogP contribution < -0.4 is 5.32 Å². The third-order valence-corrected chi connectivity index (χ3v) is 2.91. The third kappa shape index (κ3) is 1.16. The zero-order chi connectivity index (χ0) is 10.4. The molecule has 1 N–H and O–H groups in total. The maximum atomic E-state index is 11.6. The number of rotatable bonds is 0. The molecule has 1 amide bonds. The van der Waals surface area contributed by atoms with Gasteiger partial charge in [-0.15, -0.1) is 0 Å². The molecule has 15 heavy (non-hydrogen) atoms. The molecule has 1 aliphatic heterocycles. The first-order valence-corrected chi connectivity index (χ1v) is 5.14. The highest BCUT2D eigenvalue weighted by Crippen LogP contribution is 2.22. The van der Waals surface area contributed by atoms with Crippen LogP contribution in [0.3, 0.4) is 0 Å². The van der Waals surface area contributed by atoms with Crippen molar-refractivity contribution in [1.29, 1.82) is 0 Å². The summed E-state index contributed by atoms with van der Waals surface area (Å²) in [6.07, 6.45) is 0. The van der Waals surface area contributed by atoms with Crippen LogP contribution in [-0.4, -0.2) is 17.0 Å². The van der Waals surface area contributed by atoms with Gasteiger partial charge in [0.25, 0.3) is 5.91 Å². The van der Waals surface area contributed by atoms with E-state index < -0.39 is 0 Å². The predicted octanol–water partition coefficient (Wildman–Crippen LogP) is 1.69. The lowest BCUT2D eigenvalue weighted by atomic mass is 10.2. The lowest BCUT2D eigenvalue weighted by Gasteiger charge is -2.16. The summed E-state index contributed by atoms with van der Waals surface area (Å²) in [4.78, 5) is 11.6. The second-order valence-electron chi connectivity index (χ2n) is 4.00. The van der Waals surface area contributed by atoms with E-state index in [0.717, 1.165) is 24.2 Å². The minimum Gasteiger partial charge on any atom is -0.349 e. The van der Waals surface area contributed by atoms with Crippen LogP contribution in [0.1, 0.15) is 16.1 Å². The molecule has 76 valence electrons. The van der Waals surface area contributed by atoms with Gasteiger partial charge in [0.05, 0.1) is 0 Å². The smallest absolute Gasteiger partial charge is 0.268 e. The molecule has 0 atom stereocenters. The first kappa shape index (κ1) is 8.53.